The van der Waals surface area contributed by atoms with Gasteiger partial charge in [0.15, 0.2) is 0 Å². The van der Waals surface area contributed by atoms with Gasteiger partial charge in [-0.1, -0.05) is 24.3 Å². The third-order valence-corrected chi connectivity index (χ3v) is 2.63. The number of hydrogen-bond acceptors (Lipinski definition) is 3. The first-order chi connectivity index (χ1) is 9.63. The molecular formula is C15H17N3O2. The first-order valence-corrected chi connectivity index (χ1v) is 6.25. The molecule has 0 bridgehead atoms. The van der Waals surface area contributed by atoms with E-state index in [1.54, 1.807) is 0 Å². The van der Waals surface area contributed by atoms with Gasteiger partial charge < -0.3 is 10.5 Å². The standard InChI is InChI=1S/C15H17N3O2/c1-11-4-2-6-13(8-11)20-14-7-3-5-12(9-14)10-17-18-15(16)19/h2-9,17H,10H2,1H3,(H3,16,18,19). The lowest BCUT2D eigenvalue weighted by molar-refractivity contribution is 0.244. The summed E-state index contributed by atoms with van der Waals surface area (Å²) in [7, 11) is 0. The Balaban J connectivity index is 2.00. The zero-order chi connectivity index (χ0) is 14.4. The van der Waals surface area contributed by atoms with Gasteiger partial charge in [0.1, 0.15) is 11.5 Å². The minimum Gasteiger partial charge on any atom is -0.457 e. The van der Waals surface area contributed by atoms with Gasteiger partial charge in [0.05, 0.1) is 0 Å². The van der Waals surface area contributed by atoms with Crippen LogP contribution >= 0.6 is 0 Å². The van der Waals surface area contributed by atoms with Gasteiger partial charge in [-0.15, -0.1) is 0 Å². The summed E-state index contributed by atoms with van der Waals surface area (Å²) in [5.74, 6) is 1.54. The molecule has 2 aromatic carbocycles. The first-order valence-electron chi connectivity index (χ1n) is 6.25. The minimum atomic E-state index is -0.614. The zero-order valence-electron chi connectivity index (χ0n) is 11.2. The second-order valence-electron chi connectivity index (χ2n) is 4.41. The monoisotopic (exact) mass is 271 g/mol. The van der Waals surface area contributed by atoms with Crippen molar-refractivity contribution in [3.05, 3.63) is 59.7 Å². The van der Waals surface area contributed by atoms with Crippen molar-refractivity contribution in [2.24, 2.45) is 5.73 Å². The van der Waals surface area contributed by atoms with E-state index in [1.165, 1.54) is 0 Å². The maximum atomic E-state index is 10.6. The Bertz CT molecular complexity index is 599. The molecule has 0 aliphatic carbocycles. The summed E-state index contributed by atoms with van der Waals surface area (Å²) >= 11 is 0. The average Bonchev–Trinajstić information content (AvgIpc) is 2.39. The molecule has 0 fully saturated rings. The summed E-state index contributed by atoms with van der Waals surface area (Å²) in [5, 5.41) is 0. The van der Waals surface area contributed by atoms with Crippen LogP contribution in [0.15, 0.2) is 48.5 Å². The molecule has 0 aromatic heterocycles. The van der Waals surface area contributed by atoms with Gasteiger partial charge in [0.2, 0.25) is 0 Å². The van der Waals surface area contributed by atoms with Gasteiger partial charge in [-0.3, -0.25) is 5.43 Å². The fourth-order valence-electron chi connectivity index (χ4n) is 1.77. The van der Waals surface area contributed by atoms with Crippen LogP contribution in [-0.2, 0) is 6.54 Å². The molecule has 0 saturated heterocycles. The van der Waals surface area contributed by atoms with E-state index >= 15 is 0 Å². The number of ether oxygens (including phenoxy) is 1. The maximum absolute atomic E-state index is 10.6. The Labute approximate surface area is 117 Å². The van der Waals surface area contributed by atoms with Crippen LogP contribution < -0.4 is 21.3 Å². The highest BCUT2D eigenvalue weighted by Crippen LogP contribution is 2.22. The van der Waals surface area contributed by atoms with Crippen LogP contribution in [0.5, 0.6) is 11.5 Å². The fourth-order valence-corrected chi connectivity index (χ4v) is 1.77. The van der Waals surface area contributed by atoms with E-state index in [0.29, 0.717) is 6.54 Å². The maximum Gasteiger partial charge on any atom is 0.326 e. The topological polar surface area (TPSA) is 76.4 Å². The molecule has 0 aliphatic rings. The molecular weight excluding hydrogens is 254 g/mol. The molecule has 4 N–H and O–H groups in total. The summed E-state index contributed by atoms with van der Waals surface area (Å²) < 4.78 is 5.79. The number of carbonyl (C=O) groups is 1. The van der Waals surface area contributed by atoms with E-state index in [4.69, 9.17) is 10.5 Å². The van der Waals surface area contributed by atoms with E-state index < -0.39 is 6.03 Å². The SMILES string of the molecule is Cc1cccc(Oc2cccc(CNNC(N)=O)c2)c1. The van der Waals surface area contributed by atoms with Crippen molar-refractivity contribution in [1.29, 1.82) is 0 Å². The Kier molecular flexibility index (Phi) is 4.57. The molecule has 0 saturated carbocycles. The molecule has 104 valence electrons. The third kappa shape index (κ3) is 4.29. The van der Waals surface area contributed by atoms with Crippen LogP contribution in [0.25, 0.3) is 0 Å². The van der Waals surface area contributed by atoms with E-state index in [-0.39, 0.29) is 0 Å². The van der Waals surface area contributed by atoms with E-state index in [9.17, 15) is 4.79 Å². The van der Waals surface area contributed by atoms with Crippen molar-refractivity contribution in [3.63, 3.8) is 0 Å². The molecule has 20 heavy (non-hydrogen) atoms. The van der Waals surface area contributed by atoms with Crippen molar-refractivity contribution in [2.75, 3.05) is 0 Å². The highest BCUT2D eigenvalue weighted by Gasteiger charge is 2.00. The van der Waals surface area contributed by atoms with Crippen molar-refractivity contribution < 1.29 is 9.53 Å². The van der Waals surface area contributed by atoms with Gasteiger partial charge in [0.25, 0.3) is 0 Å². The fraction of sp³-hybridized carbons (Fsp3) is 0.133. The molecule has 2 aromatic rings. The predicted molar refractivity (Wildman–Crippen MR) is 77.3 cm³/mol. The van der Waals surface area contributed by atoms with Crippen molar-refractivity contribution in [3.8, 4) is 11.5 Å². The number of benzene rings is 2. The molecule has 5 nitrogen and oxygen atoms in total. The molecule has 0 aliphatic heterocycles. The smallest absolute Gasteiger partial charge is 0.326 e. The van der Waals surface area contributed by atoms with Crippen LogP contribution in [0.1, 0.15) is 11.1 Å². The number of aryl methyl sites for hydroxylation is 1. The molecule has 2 amide bonds. The number of hydrazine groups is 1. The second kappa shape index (κ2) is 6.58. The number of carbonyl (C=O) groups excluding carboxylic acids is 1. The molecule has 5 heteroatoms. The first kappa shape index (κ1) is 13.9. The summed E-state index contributed by atoms with van der Waals surface area (Å²) in [6.45, 7) is 2.48. The quantitative estimate of drug-likeness (QED) is 0.731. The Morgan fingerprint density at radius 3 is 2.55 bits per heavy atom. The van der Waals surface area contributed by atoms with E-state index in [2.05, 4.69) is 10.9 Å². The van der Waals surface area contributed by atoms with Crippen LogP contribution in [0.3, 0.4) is 0 Å². The lowest BCUT2D eigenvalue weighted by atomic mass is 10.2. The van der Waals surface area contributed by atoms with Crippen LogP contribution in [0.4, 0.5) is 4.79 Å². The third-order valence-electron chi connectivity index (χ3n) is 2.63. The van der Waals surface area contributed by atoms with E-state index in [1.807, 2.05) is 55.5 Å². The molecule has 0 spiro atoms. The zero-order valence-corrected chi connectivity index (χ0v) is 11.2. The van der Waals surface area contributed by atoms with Gasteiger partial charge in [-0.25, -0.2) is 10.2 Å². The van der Waals surface area contributed by atoms with Crippen LogP contribution in [-0.4, -0.2) is 6.03 Å². The Morgan fingerprint density at radius 1 is 1.15 bits per heavy atom. The average molecular weight is 271 g/mol. The lowest BCUT2D eigenvalue weighted by Gasteiger charge is -2.09. The van der Waals surface area contributed by atoms with Gasteiger partial charge in [-0.2, -0.15) is 0 Å². The van der Waals surface area contributed by atoms with Gasteiger partial charge in [0, 0.05) is 6.54 Å². The summed E-state index contributed by atoms with van der Waals surface area (Å²) in [4.78, 5) is 10.6. The van der Waals surface area contributed by atoms with Gasteiger partial charge >= 0.3 is 6.03 Å². The largest absolute Gasteiger partial charge is 0.457 e. The summed E-state index contributed by atoms with van der Waals surface area (Å²) in [5.41, 5.74) is 12.1. The number of urea groups is 1. The molecule has 2 rings (SSSR count). The van der Waals surface area contributed by atoms with Crippen molar-refractivity contribution in [2.45, 2.75) is 13.5 Å². The number of nitrogens with one attached hydrogen (secondary N) is 2. The lowest BCUT2D eigenvalue weighted by Crippen LogP contribution is -2.40. The minimum absolute atomic E-state index is 0.466. The van der Waals surface area contributed by atoms with Crippen LogP contribution in [0, 0.1) is 6.92 Å². The highest BCUT2D eigenvalue weighted by atomic mass is 16.5. The number of primary amides is 1. The van der Waals surface area contributed by atoms with Crippen molar-refractivity contribution >= 4 is 6.03 Å². The Hall–Kier alpha value is -2.53. The number of rotatable bonds is 5. The predicted octanol–water partition coefficient (Wildman–Crippen LogP) is 2.46. The van der Waals surface area contributed by atoms with Gasteiger partial charge in [-0.05, 0) is 42.3 Å². The highest BCUT2D eigenvalue weighted by molar-refractivity contribution is 5.70. The van der Waals surface area contributed by atoms with Crippen molar-refractivity contribution in [1.82, 2.24) is 10.9 Å². The molecule has 0 atom stereocenters. The molecule has 0 heterocycles. The number of hydrogen-bond donors (Lipinski definition) is 3. The summed E-state index contributed by atoms with van der Waals surface area (Å²) in [6, 6.07) is 14.8. The molecule has 0 radical (unpaired) electrons. The Morgan fingerprint density at radius 2 is 1.85 bits per heavy atom. The van der Waals surface area contributed by atoms with E-state index in [0.717, 1.165) is 22.6 Å². The van der Waals surface area contributed by atoms with Crippen LogP contribution in [0.2, 0.25) is 0 Å². The second-order valence-corrected chi connectivity index (χ2v) is 4.41. The number of nitrogens with two attached hydrogens (primary N) is 1. The number of amides is 2. The summed E-state index contributed by atoms with van der Waals surface area (Å²) in [6.07, 6.45) is 0. The normalized spacial score (nSPS) is 10.1. The molecule has 0 unspecified atom stereocenters.